The zero-order chi connectivity index (χ0) is 10.9. The molecule has 0 aromatic carbocycles. The summed E-state index contributed by atoms with van der Waals surface area (Å²) in [5.41, 5.74) is 0. The molecule has 0 spiro atoms. The molecule has 0 bridgehead atoms. The van der Waals surface area contributed by atoms with Gasteiger partial charge in [0.05, 0.1) is 0 Å². The van der Waals surface area contributed by atoms with Crippen molar-refractivity contribution < 1.29 is 30.0 Å². The molecule has 0 saturated heterocycles. The maximum Gasteiger partial charge on any atom is 0.346 e. The van der Waals surface area contributed by atoms with E-state index in [-0.39, 0.29) is 11.8 Å². The standard InChI is InChI=1S/C6H10O6S/c1-5(11,3(7)8)13-6(2,12)4(9)10/h11-12H,1-2H3,(H,7,8)(H,9,10). The van der Waals surface area contributed by atoms with Crippen LogP contribution in [0.4, 0.5) is 0 Å². The molecule has 0 aliphatic rings. The van der Waals surface area contributed by atoms with Gasteiger partial charge in [-0.1, -0.05) is 11.8 Å². The van der Waals surface area contributed by atoms with Crippen LogP contribution in [0, 0.1) is 0 Å². The molecule has 13 heavy (non-hydrogen) atoms. The second-order valence-corrected chi connectivity index (χ2v) is 4.47. The molecule has 0 fully saturated rings. The Morgan fingerprint density at radius 2 is 1.23 bits per heavy atom. The minimum Gasteiger partial charge on any atom is -0.478 e. The van der Waals surface area contributed by atoms with Crippen molar-refractivity contribution >= 4 is 23.7 Å². The molecule has 4 N–H and O–H groups in total. The first-order chi connectivity index (χ1) is 5.59. The van der Waals surface area contributed by atoms with Crippen molar-refractivity contribution in [2.24, 2.45) is 0 Å². The molecule has 0 aromatic heterocycles. The van der Waals surface area contributed by atoms with Crippen LogP contribution >= 0.6 is 11.8 Å². The van der Waals surface area contributed by atoms with Gasteiger partial charge in [0.25, 0.3) is 0 Å². The number of hydrogen-bond acceptors (Lipinski definition) is 5. The van der Waals surface area contributed by atoms with Gasteiger partial charge in [-0.05, 0) is 13.8 Å². The fourth-order valence-electron chi connectivity index (χ4n) is 0.474. The molecule has 0 radical (unpaired) electrons. The van der Waals surface area contributed by atoms with E-state index >= 15 is 0 Å². The van der Waals surface area contributed by atoms with E-state index in [9.17, 15) is 9.59 Å². The van der Waals surface area contributed by atoms with Crippen molar-refractivity contribution in [1.29, 1.82) is 0 Å². The number of aliphatic carboxylic acids is 2. The molecule has 76 valence electrons. The fourth-order valence-corrected chi connectivity index (χ4v) is 1.42. The first-order valence-corrected chi connectivity index (χ1v) is 4.03. The van der Waals surface area contributed by atoms with Crippen molar-refractivity contribution in [2.75, 3.05) is 0 Å². The lowest BCUT2D eigenvalue weighted by atomic mass is 10.4. The highest BCUT2D eigenvalue weighted by molar-refractivity contribution is 8.02. The van der Waals surface area contributed by atoms with Crippen LogP contribution in [0.25, 0.3) is 0 Å². The van der Waals surface area contributed by atoms with Gasteiger partial charge >= 0.3 is 11.9 Å². The average molecular weight is 210 g/mol. The summed E-state index contributed by atoms with van der Waals surface area (Å²) in [6.45, 7) is 1.77. The average Bonchev–Trinajstić information content (AvgIpc) is 1.83. The largest absolute Gasteiger partial charge is 0.478 e. The molecule has 2 unspecified atom stereocenters. The highest BCUT2D eigenvalue weighted by Gasteiger charge is 2.43. The third-order valence-electron chi connectivity index (χ3n) is 1.19. The van der Waals surface area contributed by atoms with Gasteiger partial charge in [0, 0.05) is 0 Å². The van der Waals surface area contributed by atoms with E-state index in [0.717, 1.165) is 13.8 Å². The summed E-state index contributed by atoms with van der Waals surface area (Å²) < 4.78 is 0. The van der Waals surface area contributed by atoms with Crippen LogP contribution < -0.4 is 0 Å². The summed E-state index contributed by atoms with van der Waals surface area (Å²) >= 11 is 0.0324. The summed E-state index contributed by atoms with van der Waals surface area (Å²) in [6.07, 6.45) is 0. The second kappa shape index (κ2) is 3.52. The van der Waals surface area contributed by atoms with Gasteiger partial charge in [-0.3, -0.25) is 0 Å². The molecule has 7 heteroatoms. The summed E-state index contributed by atoms with van der Waals surface area (Å²) in [4.78, 5) is 16.0. The highest BCUT2D eigenvalue weighted by Crippen LogP contribution is 2.33. The third-order valence-corrected chi connectivity index (χ3v) is 2.34. The summed E-state index contributed by atoms with van der Waals surface area (Å²) in [5, 5.41) is 35.1. The fraction of sp³-hybridized carbons (Fsp3) is 0.667. The van der Waals surface area contributed by atoms with Gasteiger partial charge in [0.2, 0.25) is 9.87 Å². The van der Waals surface area contributed by atoms with Gasteiger partial charge in [0.15, 0.2) is 0 Å². The number of hydrogen-bond donors (Lipinski definition) is 4. The topological polar surface area (TPSA) is 115 Å². The third kappa shape index (κ3) is 3.21. The predicted octanol–water partition coefficient (Wildman–Crippen LogP) is -0.694. The van der Waals surface area contributed by atoms with Crippen LogP contribution in [0.3, 0.4) is 0 Å². The van der Waals surface area contributed by atoms with E-state index in [0.29, 0.717) is 0 Å². The Morgan fingerprint density at radius 3 is 1.38 bits per heavy atom. The first-order valence-electron chi connectivity index (χ1n) is 3.21. The van der Waals surface area contributed by atoms with Crippen molar-refractivity contribution in [3.8, 4) is 0 Å². The van der Waals surface area contributed by atoms with E-state index in [1.165, 1.54) is 0 Å². The molecular formula is C6H10O6S. The van der Waals surface area contributed by atoms with Crippen LogP contribution in [0.1, 0.15) is 13.8 Å². The van der Waals surface area contributed by atoms with Crippen molar-refractivity contribution in [3.05, 3.63) is 0 Å². The van der Waals surface area contributed by atoms with E-state index in [4.69, 9.17) is 20.4 Å². The molecule has 0 heterocycles. The lowest BCUT2D eigenvalue weighted by Crippen LogP contribution is -2.41. The van der Waals surface area contributed by atoms with Crippen molar-refractivity contribution in [3.63, 3.8) is 0 Å². The number of rotatable bonds is 4. The maximum absolute atomic E-state index is 10.3. The van der Waals surface area contributed by atoms with Gasteiger partial charge in [-0.25, -0.2) is 9.59 Å². The Morgan fingerprint density at radius 1 is 1.00 bits per heavy atom. The second-order valence-electron chi connectivity index (χ2n) is 2.68. The van der Waals surface area contributed by atoms with E-state index < -0.39 is 21.8 Å². The van der Waals surface area contributed by atoms with Crippen molar-refractivity contribution in [1.82, 2.24) is 0 Å². The highest BCUT2D eigenvalue weighted by atomic mass is 32.2. The normalized spacial score (nSPS) is 20.0. The summed E-state index contributed by atoms with van der Waals surface area (Å²) in [7, 11) is 0. The Hall–Kier alpha value is -0.790. The van der Waals surface area contributed by atoms with Gasteiger partial charge < -0.3 is 20.4 Å². The van der Waals surface area contributed by atoms with Crippen LogP contribution in [-0.4, -0.2) is 42.2 Å². The SMILES string of the molecule is CC(O)(SC(C)(O)C(=O)O)C(=O)O. The molecule has 6 nitrogen and oxygen atoms in total. The maximum atomic E-state index is 10.3. The molecule has 0 aliphatic heterocycles. The molecule has 0 rings (SSSR count). The minimum atomic E-state index is -2.33. The van der Waals surface area contributed by atoms with Gasteiger partial charge in [-0.15, -0.1) is 0 Å². The van der Waals surface area contributed by atoms with E-state index in [1.54, 1.807) is 0 Å². The zero-order valence-electron chi connectivity index (χ0n) is 7.01. The number of carbonyl (C=O) groups is 2. The zero-order valence-corrected chi connectivity index (χ0v) is 7.83. The van der Waals surface area contributed by atoms with E-state index in [1.807, 2.05) is 0 Å². The quantitative estimate of drug-likeness (QED) is 0.454. The number of thioether (sulfide) groups is 1. The Labute approximate surface area is 78.2 Å². The smallest absolute Gasteiger partial charge is 0.346 e. The lowest BCUT2D eigenvalue weighted by Gasteiger charge is -2.25. The molecule has 0 aliphatic carbocycles. The number of aliphatic hydroxyl groups is 2. The number of carboxylic acids is 2. The molecule has 2 atom stereocenters. The molecule has 0 amide bonds. The Kier molecular flexibility index (Phi) is 3.31. The predicted molar refractivity (Wildman–Crippen MR) is 44.1 cm³/mol. The Balaban J connectivity index is 4.61. The molecular weight excluding hydrogens is 200 g/mol. The van der Waals surface area contributed by atoms with Crippen molar-refractivity contribution in [2.45, 2.75) is 23.7 Å². The lowest BCUT2D eigenvalue weighted by molar-refractivity contribution is -0.150. The van der Waals surface area contributed by atoms with Gasteiger partial charge in [0.1, 0.15) is 0 Å². The van der Waals surface area contributed by atoms with Crippen LogP contribution in [0.15, 0.2) is 0 Å². The van der Waals surface area contributed by atoms with E-state index in [2.05, 4.69) is 0 Å². The van der Waals surface area contributed by atoms with Gasteiger partial charge in [-0.2, -0.15) is 0 Å². The Bertz CT molecular complexity index is 209. The number of carboxylic acid groups (broad SMARTS) is 2. The molecule has 0 aromatic rings. The monoisotopic (exact) mass is 210 g/mol. The van der Waals surface area contributed by atoms with Crippen LogP contribution in [0.5, 0.6) is 0 Å². The van der Waals surface area contributed by atoms with Crippen LogP contribution in [-0.2, 0) is 9.59 Å². The minimum absolute atomic E-state index is 0.0324. The molecule has 0 saturated carbocycles. The van der Waals surface area contributed by atoms with Crippen LogP contribution in [0.2, 0.25) is 0 Å². The first kappa shape index (κ1) is 12.2. The summed E-state index contributed by atoms with van der Waals surface area (Å²) in [5.74, 6) is -3.22. The summed E-state index contributed by atoms with van der Waals surface area (Å²) in [6, 6.07) is 0.